The number of hydrogen-bond donors (Lipinski definition) is 1. The van der Waals surface area contributed by atoms with Crippen molar-refractivity contribution >= 4 is 23.0 Å². The van der Waals surface area contributed by atoms with Crippen LogP contribution in [0.2, 0.25) is 0 Å². The highest BCUT2D eigenvalue weighted by molar-refractivity contribution is 5.88. The summed E-state index contributed by atoms with van der Waals surface area (Å²) in [6, 6.07) is 2.68. The van der Waals surface area contributed by atoms with Gasteiger partial charge in [-0.2, -0.15) is 0 Å². The lowest BCUT2D eigenvalue weighted by molar-refractivity contribution is -0.138. The molecule has 0 radical (unpaired) electrons. The minimum atomic E-state index is -0.873. The van der Waals surface area contributed by atoms with E-state index in [0.29, 0.717) is 23.3 Å². The van der Waals surface area contributed by atoms with Crippen molar-refractivity contribution in [2.45, 2.75) is 78.9 Å². The Bertz CT molecular complexity index is 1060. The quantitative estimate of drug-likeness (QED) is 0.429. The normalized spacial score (nSPS) is 15.3. The third kappa shape index (κ3) is 4.92. The number of alkyl carbamates (subject to hydrolysis) is 1. The zero-order valence-electron chi connectivity index (χ0n) is 19.1. The molecule has 3 rings (SSSR count). The van der Waals surface area contributed by atoms with Crippen molar-refractivity contribution in [2.75, 3.05) is 0 Å². The van der Waals surface area contributed by atoms with Crippen molar-refractivity contribution < 1.29 is 23.5 Å². The number of carbonyl (C=O) groups excluding carboxylic acids is 2. The standard InChI is InChI=1S/C24H31NO6/c1-7-13(2)19(25-23(28)31-24(4,5)6)22(27)29-18-12-11-16-15-9-8-10-17(15)21(26)30-20(16)14(18)3/h11-13,19H,7-10H2,1-6H3,(H,25,28)/t13-,19+/m0/s1. The Morgan fingerprint density at radius 1 is 1.19 bits per heavy atom. The maximum Gasteiger partial charge on any atom is 0.408 e. The molecule has 0 spiro atoms. The first-order chi connectivity index (χ1) is 14.5. The van der Waals surface area contributed by atoms with Gasteiger partial charge in [-0.1, -0.05) is 20.3 Å². The number of hydrogen-bond acceptors (Lipinski definition) is 6. The predicted octanol–water partition coefficient (Wildman–Crippen LogP) is 4.43. The molecule has 1 N–H and O–H groups in total. The van der Waals surface area contributed by atoms with Gasteiger partial charge in [0.25, 0.3) is 0 Å². The summed E-state index contributed by atoms with van der Waals surface area (Å²) in [4.78, 5) is 37.6. The van der Waals surface area contributed by atoms with Crippen LogP contribution in [0.1, 0.15) is 64.2 Å². The van der Waals surface area contributed by atoms with Crippen molar-refractivity contribution in [2.24, 2.45) is 5.92 Å². The molecule has 0 aliphatic heterocycles. The summed E-state index contributed by atoms with van der Waals surface area (Å²) in [6.07, 6.45) is 2.49. The lowest BCUT2D eigenvalue weighted by Gasteiger charge is -2.25. The van der Waals surface area contributed by atoms with Crippen LogP contribution >= 0.6 is 0 Å². The Labute approximate surface area is 182 Å². The minimum absolute atomic E-state index is 0.165. The SMILES string of the molecule is CC[C@H](C)[C@@H](NC(=O)OC(C)(C)C)C(=O)Oc1ccc2c3c(c(=O)oc2c1C)CCC3. The Kier molecular flexibility index (Phi) is 6.43. The highest BCUT2D eigenvalue weighted by Crippen LogP contribution is 2.33. The number of ether oxygens (including phenoxy) is 2. The molecule has 1 aromatic heterocycles. The van der Waals surface area contributed by atoms with E-state index in [1.54, 1.807) is 33.8 Å². The van der Waals surface area contributed by atoms with Gasteiger partial charge in [0.1, 0.15) is 23.0 Å². The average Bonchev–Trinajstić information content (AvgIpc) is 3.17. The summed E-state index contributed by atoms with van der Waals surface area (Å²) in [5.74, 6) is -0.453. The molecule has 0 saturated heterocycles. The maximum atomic E-state index is 13.0. The first-order valence-corrected chi connectivity index (χ1v) is 10.8. The molecule has 31 heavy (non-hydrogen) atoms. The molecule has 1 aliphatic rings. The molecule has 168 valence electrons. The topological polar surface area (TPSA) is 94.8 Å². The van der Waals surface area contributed by atoms with Gasteiger partial charge in [-0.25, -0.2) is 14.4 Å². The number of amides is 1. The zero-order valence-corrected chi connectivity index (χ0v) is 19.1. The summed E-state index contributed by atoms with van der Waals surface area (Å²) >= 11 is 0. The van der Waals surface area contributed by atoms with Crippen molar-refractivity contribution in [3.63, 3.8) is 0 Å². The monoisotopic (exact) mass is 429 g/mol. The molecule has 7 heteroatoms. The molecular weight excluding hydrogens is 398 g/mol. The fourth-order valence-electron chi connectivity index (χ4n) is 3.85. The van der Waals surface area contributed by atoms with Gasteiger partial charge in [0.2, 0.25) is 0 Å². The highest BCUT2D eigenvalue weighted by atomic mass is 16.6. The fraction of sp³-hybridized carbons (Fsp3) is 0.542. The highest BCUT2D eigenvalue weighted by Gasteiger charge is 2.31. The molecule has 0 saturated carbocycles. The van der Waals surface area contributed by atoms with E-state index < -0.39 is 23.7 Å². The van der Waals surface area contributed by atoms with Gasteiger partial charge in [0, 0.05) is 16.5 Å². The molecule has 2 aromatic rings. The first-order valence-electron chi connectivity index (χ1n) is 10.8. The average molecular weight is 430 g/mol. The van der Waals surface area contributed by atoms with Crippen LogP contribution in [0, 0.1) is 12.8 Å². The van der Waals surface area contributed by atoms with Crippen LogP contribution in [0.4, 0.5) is 4.79 Å². The number of aryl methyl sites for hydroxylation is 2. The first kappa shape index (κ1) is 22.8. The van der Waals surface area contributed by atoms with Gasteiger partial charge in [-0.05, 0) is 70.6 Å². The summed E-state index contributed by atoms with van der Waals surface area (Å²) < 4.78 is 16.5. The van der Waals surface area contributed by atoms with Crippen LogP contribution < -0.4 is 15.7 Å². The molecule has 1 heterocycles. The van der Waals surface area contributed by atoms with E-state index in [-0.39, 0.29) is 11.5 Å². The smallest absolute Gasteiger partial charge is 0.408 e. The van der Waals surface area contributed by atoms with Gasteiger partial charge in [0.15, 0.2) is 0 Å². The Morgan fingerprint density at radius 2 is 1.87 bits per heavy atom. The number of rotatable bonds is 5. The number of esters is 1. The second-order valence-electron chi connectivity index (χ2n) is 9.20. The molecule has 0 unspecified atom stereocenters. The summed E-state index contributed by atoms with van der Waals surface area (Å²) in [7, 11) is 0. The molecule has 1 aliphatic carbocycles. The fourth-order valence-corrected chi connectivity index (χ4v) is 3.85. The lowest BCUT2D eigenvalue weighted by atomic mass is 9.99. The van der Waals surface area contributed by atoms with Gasteiger partial charge < -0.3 is 19.2 Å². The zero-order chi connectivity index (χ0) is 22.9. The van der Waals surface area contributed by atoms with E-state index in [1.165, 1.54) is 0 Å². The lowest BCUT2D eigenvalue weighted by Crippen LogP contribution is -2.48. The van der Waals surface area contributed by atoms with E-state index >= 15 is 0 Å². The number of nitrogens with one attached hydrogen (secondary N) is 1. The second kappa shape index (κ2) is 8.73. The van der Waals surface area contributed by atoms with E-state index in [0.717, 1.165) is 35.8 Å². The van der Waals surface area contributed by atoms with Crippen molar-refractivity contribution in [3.05, 3.63) is 39.2 Å². The number of fused-ring (bicyclic) bond motifs is 3. The molecule has 0 fully saturated rings. The Hall–Kier alpha value is -2.83. The van der Waals surface area contributed by atoms with Crippen molar-refractivity contribution in [3.8, 4) is 5.75 Å². The molecule has 7 nitrogen and oxygen atoms in total. The van der Waals surface area contributed by atoms with Gasteiger partial charge >= 0.3 is 17.7 Å². The van der Waals surface area contributed by atoms with Crippen LogP contribution in [0.15, 0.2) is 21.3 Å². The Balaban J connectivity index is 1.88. The van der Waals surface area contributed by atoms with Gasteiger partial charge in [0.05, 0.1) is 0 Å². The third-order valence-corrected chi connectivity index (χ3v) is 5.69. The van der Waals surface area contributed by atoms with Crippen LogP contribution in [0.25, 0.3) is 11.0 Å². The molecular formula is C24H31NO6. The van der Waals surface area contributed by atoms with Crippen LogP contribution in [-0.4, -0.2) is 23.7 Å². The summed E-state index contributed by atoms with van der Waals surface area (Å²) in [5, 5.41) is 3.52. The Morgan fingerprint density at radius 3 is 2.52 bits per heavy atom. The van der Waals surface area contributed by atoms with Gasteiger partial charge in [-0.15, -0.1) is 0 Å². The largest absolute Gasteiger partial charge is 0.444 e. The minimum Gasteiger partial charge on any atom is -0.444 e. The van der Waals surface area contributed by atoms with Crippen molar-refractivity contribution in [1.82, 2.24) is 5.32 Å². The summed E-state index contributed by atoms with van der Waals surface area (Å²) in [6.45, 7) is 10.8. The predicted molar refractivity (Wildman–Crippen MR) is 117 cm³/mol. The van der Waals surface area contributed by atoms with Crippen molar-refractivity contribution in [1.29, 1.82) is 0 Å². The second-order valence-corrected chi connectivity index (χ2v) is 9.20. The van der Waals surface area contributed by atoms with Gasteiger partial charge in [-0.3, -0.25) is 0 Å². The molecule has 0 bridgehead atoms. The number of benzene rings is 1. The molecule has 1 aromatic carbocycles. The van der Waals surface area contributed by atoms with Crippen LogP contribution in [0.3, 0.4) is 0 Å². The van der Waals surface area contributed by atoms with E-state index in [4.69, 9.17) is 13.9 Å². The molecule has 1 amide bonds. The molecule has 2 atom stereocenters. The van der Waals surface area contributed by atoms with E-state index in [9.17, 15) is 14.4 Å². The van der Waals surface area contributed by atoms with E-state index in [1.807, 2.05) is 19.9 Å². The third-order valence-electron chi connectivity index (χ3n) is 5.69. The number of carbonyl (C=O) groups is 2. The maximum absolute atomic E-state index is 13.0. The van der Waals surface area contributed by atoms with E-state index in [2.05, 4.69) is 5.32 Å². The summed E-state index contributed by atoms with van der Waals surface area (Å²) in [5.41, 5.74) is 1.79. The van der Waals surface area contributed by atoms with Crippen LogP contribution in [-0.2, 0) is 22.4 Å². The van der Waals surface area contributed by atoms with Crippen LogP contribution in [0.5, 0.6) is 5.75 Å².